The summed E-state index contributed by atoms with van der Waals surface area (Å²) >= 11 is 0. The summed E-state index contributed by atoms with van der Waals surface area (Å²) in [5.74, 6) is 2.07. The fraction of sp³-hybridized carbons (Fsp3) is 0.944. The molecule has 2 saturated carbocycles. The predicted molar refractivity (Wildman–Crippen MR) is 80.4 cm³/mol. The van der Waals surface area contributed by atoms with Crippen LogP contribution in [0.15, 0.2) is 0 Å². The minimum absolute atomic E-state index is 0.101. The Balaban J connectivity index is 1.41. The zero-order valence-electron chi connectivity index (χ0n) is 12.8. The van der Waals surface area contributed by atoms with E-state index in [1.54, 1.807) is 0 Å². The van der Waals surface area contributed by atoms with Gasteiger partial charge < -0.3 is 4.74 Å². The van der Waals surface area contributed by atoms with Gasteiger partial charge in [-0.3, -0.25) is 4.79 Å². The van der Waals surface area contributed by atoms with Crippen molar-refractivity contribution in [1.29, 1.82) is 0 Å². The predicted octanol–water partition coefficient (Wildman–Crippen LogP) is 4.86. The first-order valence-electron chi connectivity index (χ1n) is 9.03. The number of esters is 1. The minimum atomic E-state index is 0.101. The second kappa shape index (κ2) is 6.95. The van der Waals surface area contributed by atoms with Crippen LogP contribution in [0.25, 0.3) is 0 Å². The molecule has 0 N–H and O–H groups in total. The van der Waals surface area contributed by atoms with E-state index in [-0.39, 0.29) is 18.0 Å². The number of hydrogen-bond donors (Lipinski definition) is 0. The maximum Gasteiger partial charge on any atom is 0.313 e. The van der Waals surface area contributed by atoms with Gasteiger partial charge in [-0.05, 0) is 31.1 Å². The molecular weight excluding hydrogens is 248 g/mol. The molecule has 3 fully saturated rings. The fourth-order valence-corrected chi connectivity index (χ4v) is 4.56. The summed E-state index contributed by atoms with van der Waals surface area (Å²) < 4.78 is 5.45. The molecule has 2 atom stereocenters. The van der Waals surface area contributed by atoms with E-state index in [1.807, 2.05) is 0 Å². The van der Waals surface area contributed by atoms with E-state index in [0.717, 1.165) is 24.7 Å². The highest BCUT2D eigenvalue weighted by atomic mass is 16.6. The van der Waals surface area contributed by atoms with Crippen LogP contribution in [-0.4, -0.2) is 12.1 Å². The molecule has 3 aliphatic rings. The Morgan fingerprint density at radius 1 is 0.800 bits per heavy atom. The summed E-state index contributed by atoms with van der Waals surface area (Å²) in [6.07, 6.45) is 17.7. The van der Waals surface area contributed by atoms with E-state index in [1.165, 1.54) is 70.6 Å². The van der Waals surface area contributed by atoms with Crippen molar-refractivity contribution in [1.82, 2.24) is 0 Å². The minimum Gasteiger partial charge on any atom is -0.461 e. The molecule has 2 heteroatoms. The Hall–Kier alpha value is -0.530. The van der Waals surface area contributed by atoms with Gasteiger partial charge in [0.05, 0.1) is 5.92 Å². The van der Waals surface area contributed by atoms with Gasteiger partial charge in [0, 0.05) is 0 Å². The normalized spacial score (nSPS) is 32.7. The van der Waals surface area contributed by atoms with Gasteiger partial charge in [-0.25, -0.2) is 0 Å². The Morgan fingerprint density at radius 3 is 2.00 bits per heavy atom. The molecule has 0 amide bonds. The van der Waals surface area contributed by atoms with Crippen molar-refractivity contribution in [3.05, 3.63) is 0 Å². The van der Waals surface area contributed by atoms with Crippen molar-refractivity contribution >= 4 is 5.97 Å². The van der Waals surface area contributed by atoms with Crippen molar-refractivity contribution in [2.45, 2.75) is 89.6 Å². The maximum absolute atomic E-state index is 11.7. The van der Waals surface area contributed by atoms with Crippen molar-refractivity contribution in [3.8, 4) is 0 Å². The van der Waals surface area contributed by atoms with E-state index in [9.17, 15) is 4.79 Å². The van der Waals surface area contributed by atoms with Gasteiger partial charge >= 0.3 is 5.97 Å². The molecule has 0 radical (unpaired) electrons. The van der Waals surface area contributed by atoms with Crippen LogP contribution >= 0.6 is 0 Å². The molecule has 1 heterocycles. The van der Waals surface area contributed by atoms with Crippen LogP contribution in [-0.2, 0) is 9.53 Å². The number of cyclic esters (lactones) is 1. The van der Waals surface area contributed by atoms with Gasteiger partial charge in [0.15, 0.2) is 0 Å². The molecule has 2 nitrogen and oxygen atoms in total. The quantitative estimate of drug-likeness (QED) is 0.671. The van der Waals surface area contributed by atoms with Crippen LogP contribution in [0.2, 0.25) is 0 Å². The molecule has 3 rings (SSSR count). The van der Waals surface area contributed by atoms with Gasteiger partial charge in [0.25, 0.3) is 0 Å². The molecule has 0 bridgehead atoms. The average Bonchev–Trinajstić information content (AvgIpc) is 2.51. The lowest BCUT2D eigenvalue weighted by Crippen LogP contribution is -2.46. The summed E-state index contributed by atoms with van der Waals surface area (Å²) in [5, 5.41) is 0. The Bertz CT molecular complexity index is 313. The number of carbonyl (C=O) groups is 1. The van der Waals surface area contributed by atoms with Crippen LogP contribution in [0, 0.1) is 17.8 Å². The highest BCUT2D eigenvalue weighted by molar-refractivity contribution is 5.78. The Labute approximate surface area is 123 Å². The summed E-state index contributed by atoms with van der Waals surface area (Å²) in [6.45, 7) is 0. The second-order valence-electron chi connectivity index (χ2n) is 7.40. The van der Waals surface area contributed by atoms with Gasteiger partial charge in [-0.1, -0.05) is 64.2 Å². The van der Waals surface area contributed by atoms with Crippen molar-refractivity contribution in [2.75, 3.05) is 0 Å². The molecule has 0 spiro atoms. The topological polar surface area (TPSA) is 26.3 Å². The summed E-state index contributed by atoms with van der Waals surface area (Å²) in [5.41, 5.74) is 0. The molecule has 0 unspecified atom stereocenters. The van der Waals surface area contributed by atoms with Crippen LogP contribution in [0.1, 0.15) is 83.5 Å². The monoisotopic (exact) mass is 278 g/mol. The lowest BCUT2D eigenvalue weighted by molar-refractivity contribution is -0.187. The lowest BCUT2D eigenvalue weighted by atomic mass is 9.77. The third-order valence-corrected chi connectivity index (χ3v) is 5.92. The highest BCUT2D eigenvalue weighted by Gasteiger charge is 2.43. The van der Waals surface area contributed by atoms with Gasteiger partial charge in [0.2, 0.25) is 0 Å². The standard InChI is InChI=1S/C18H30O2/c19-18-16(13-15-9-5-2-6-10-15)17(20-18)12-11-14-7-3-1-4-8-14/h14-17H,1-13H2/t16-,17-/m0/s1. The zero-order valence-corrected chi connectivity index (χ0v) is 12.8. The third-order valence-electron chi connectivity index (χ3n) is 5.92. The van der Waals surface area contributed by atoms with Gasteiger partial charge in [-0.15, -0.1) is 0 Å². The van der Waals surface area contributed by atoms with E-state index in [2.05, 4.69) is 0 Å². The van der Waals surface area contributed by atoms with Gasteiger partial charge in [-0.2, -0.15) is 0 Å². The number of hydrogen-bond acceptors (Lipinski definition) is 2. The molecule has 0 aromatic carbocycles. The molecule has 0 aromatic heterocycles. The van der Waals surface area contributed by atoms with Gasteiger partial charge in [0.1, 0.15) is 6.10 Å². The number of rotatable bonds is 5. The van der Waals surface area contributed by atoms with Crippen molar-refractivity contribution in [2.24, 2.45) is 17.8 Å². The Kier molecular flexibility index (Phi) is 5.01. The van der Waals surface area contributed by atoms with Crippen LogP contribution < -0.4 is 0 Å². The lowest BCUT2D eigenvalue weighted by Gasteiger charge is -2.38. The zero-order chi connectivity index (χ0) is 13.8. The molecular formula is C18H30O2. The van der Waals surface area contributed by atoms with Crippen molar-refractivity contribution < 1.29 is 9.53 Å². The Morgan fingerprint density at radius 2 is 1.40 bits per heavy atom. The smallest absolute Gasteiger partial charge is 0.313 e. The molecule has 114 valence electrons. The van der Waals surface area contributed by atoms with Crippen molar-refractivity contribution in [3.63, 3.8) is 0 Å². The molecule has 0 aromatic rings. The SMILES string of the molecule is O=C1O[C@@H](CCC2CCCCC2)[C@@H]1CC1CCCCC1. The van der Waals surface area contributed by atoms with Crippen LogP contribution in [0.4, 0.5) is 0 Å². The first kappa shape index (κ1) is 14.4. The first-order chi connectivity index (χ1) is 9.83. The van der Waals surface area contributed by atoms with Crippen LogP contribution in [0.3, 0.4) is 0 Å². The van der Waals surface area contributed by atoms with E-state index in [4.69, 9.17) is 4.74 Å². The second-order valence-corrected chi connectivity index (χ2v) is 7.40. The molecule has 1 saturated heterocycles. The number of carbonyl (C=O) groups excluding carboxylic acids is 1. The van der Waals surface area contributed by atoms with E-state index < -0.39 is 0 Å². The highest BCUT2D eigenvalue weighted by Crippen LogP contribution is 2.38. The van der Waals surface area contributed by atoms with E-state index >= 15 is 0 Å². The third kappa shape index (κ3) is 3.56. The summed E-state index contributed by atoms with van der Waals surface area (Å²) in [6, 6.07) is 0. The molecule has 1 aliphatic heterocycles. The van der Waals surface area contributed by atoms with Crippen LogP contribution in [0.5, 0.6) is 0 Å². The average molecular weight is 278 g/mol. The molecule has 20 heavy (non-hydrogen) atoms. The maximum atomic E-state index is 11.7. The number of ether oxygens (including phenoxy) is 1. The summed E-state index contributed by atoms with van der Waals surface area (Å²) in [7, 11) is 0. The van der Waals surface area contributed by atoms with E-state index in [0.29, 0.717) is 0 Å². The largest absolute Gasteiger partial charge is 0.461 e. The summed E-state index contributed by atoms with van der Waals surface area (Å²) in [4.78, 5) is 11.7. The fourth-order valence-electron chi connectivity index (χ4n) is 4.56. The first-order valence-corrected chi connectivity index (χ1v) is 9.03. The molecule has 2 aliphatic carbocycles.